The molecular formula is C18H17Cl3N2O2. The lowest BCUT2D eigenvalue weighted by Gasteiger charge is -2.10. The van der Waals surface area contributed by atoms with Crippen LogP contribution < -0.4 is 10.2 Å². The van der Waals surface area contributed by atoms with E-state index in [2.05, 4.69) is 10.5 Å². The number of nitrogens with one attached hydrogen (secondary N) is 1. The minimum Gasteiger partial charge on any atom is -0.483 e. The second-order valence-electron chi connectivity index (χ2n) is 5.27. The molecule has 2 rings (SSSR count). The Kier molecular flexibility index (Phi) is 7.12. The van der Waals surface area contributed by atoms with Crippen molar-refractivity contribution < 1.29 is 9.53 Å². The van der Waals surface area contributed by atoms with Crippen molar-refractivity contribution >= 4 is 46.4 Å². The van der Waals surface area contributed by atoms with E-state index in [1.54, 1.807) is 36.4 Å². The van der Waals surface area contributed by atoms with E-state index >= 15 is 0 Å². The Morgan fingerprint density at radius 3 is 2.44 bits per heavy atom. The summed E-state index contributed by atoms with van der Waals surface area (Å²) in [5, 5.41) is 5.78. The minimum atomic E-state index is -0.370. The fourth-order valence-electron chi connectivity index (χ4n) is 2.13. The number of carbonyl (C=O) groups excluding carboxylic acids is 1. The molecule has 2 aromatic rings. The van der Waals surface area contributed by atoms with Crippen molar-refractivity contribution in [1.82, 2.24) is 5.43 Å². The van der Waals surface area contributed by atoms with Crippen molar-refractivity contribution in [3.05, 3.63) is 62.6 Å². The molecule has 0 aliphatic carbocycles. The van der Waals surface area contributed by atoms with Gasteiger partial charge < -0.3 is 4.74 Å². The molecule has 0 fully saturated rings. The van der Waals surface area contributed by atoms with Gasteiger partial charge >= 0.3 is 0 Å². The molecule has 0 aliphatic heterocycles. The maximum Gasteiger partial charge on any atom is 0.277 e. The smallest absolute Gasteiger partial charge is 0.277 e. The van der Waals surface area contributed by atoms with Gasteiger partial charge in [0.05, 0.1) is 10.7 Å². The number of hydrogen-bond donors (Lipinski definition) is 1. The van der Waals surface area contributed by atoms with Gasteiger partial charge in [-0.3, -0.25) is 4.79 Å². The summed E-state index contributed by atoms with van der Waals surface area (Å²) < 4.78 is 5.48. The Bertz CT molecular complexity index is 807. The van der Waals surface area contributed by atoms with Gasteiger partial charge in [0.15, 0.2) is 6.61 Å². The summed E-state index contributed by atoms with van der Waals surface area (Å²) in [6, 6.07) is 10.3. The van der Waals surface area contributed by atoms with E-state index in [0.717, 1.165) is 11.1 Å². The zero-order valence-electron chi connectivity index (χ0n) is 13.8. The number of rotatable bonds is 6. The van der Waals surface area contributed by atoms with Gasteiger partial charge in [-0.05, 0) is 49.2 Å². The summed E-state index contributed by atoms with van der Waals surface area (Å²) in [6.45, 7) is 3.62. The van der Waals surface area contributed by atoms with E-state index in [9.17, 15) is 4.79 Å². The van der Waals surface area contributed by atoms with Crippen molar-refractivity contribution in [3.63, 3.8) is 0 Å². The number of benzene rings is 2. The number of hydrogen-bond acceptors (Lipinski definition) is 3. The maximum atomic E-state index is 12.0. The molecule has 1 amide bonds. The highest BCUT2D eigenvalue weighted by molar-refractivity contribution is 6.37. The van der Waals surface area contributed by atoms with Crippen LogP contribution in [0.15, 0.2) is 41.5 Å². The predicted molar refractivity (Wildman–Crippen MR) is 103 cm³/mol. The monoisotopic (exact) mass is 398 g/mol. The first-order valence-corrected chi connectivity index (χ1v) is 8.74. The van der Waals surface area contributed by atoms with Crippen molar-refractivity contribution in [1.29, 1.82) is 0 Å². The van der Waals surface area contributed by atoms with Gasteiger partial charge in [0.1, 0.15) is 5.75 Å². The van der Waals surface area contributed by atoms with E-state index in [1.165, 1.54) is 0 Å². The quantitative estimate of drug-likeness (QED) is 0.532. The molecule has 25 heavy (non-hydrogen) atoms. The van der Waals surface area contributed by atoms with Gasteiger partial charge in [0, 0.05) is 15.6 Å². The van der Waals surface area contributed by atoms with E-state index in [4.69, 9.17) is 39.5 Å². The van der Waals surface area contributed by atoms with Crippen LogP contribution in [0.3, 0.4) is 0 Å². The molecule has 0 atom stereocenters. The predicted octanol–water partition coefficient (Wildman–Crippen LogP) is 5.26. The van der Waals surface area contributed by atoms with Crippen molar-refractivity contribution in [3.8, 4) is 5.75 Å². The Balaban J connectivity index is 2.00. The lowest BCUT2D eigenvalue weighted by Crippen LogP contribution is -2.26. The summed E-state index contributed by atoms with van der Waals surface area (Å²) in [5.41, 5.74) is 4.71. The maximum absolute atomic E-state index is 12.0. The molecule has 0 saturated carbocycles. The molecule has 7 heteroatoms. The third kappa shape index (κ3) is 5.63. The lowest BCUT2D eigenvalue weighted by atomic mass is 10.1. The van der Waals surface area contributed by atoms with Gasteiger partial charge in [-0.15, -0.1) is 0 Å². The number of nitrogens with zero attached hydrogens (tertiary/aromatic N) is 1. The second-order valence-corrected chi connectivity index (χ2v) is 6.55. The molecule has 4 nitrogen and oxygen atoms in total. The molecule has 1 N–H and O–H groups in total. The number of aryl methyl sites for hydroxylation is 1. The zero-order valence-corrected chi connectivity index (χ0v) is 16.0. The first kappa shape index (κ1) is 19.6. The first-order valence-electron chi connectivity index (χ1n) is 7.60. The molecule has 0 unspecified atom stereocenters. The van der Waals surface area contributed by atoms with Crippen LogP contribution in [0.25, 0.3) is 0 Å². The van der Waals surface area contributed by atoms with Crippen LogP contribution in [0, 0.1) is 6.92 Å². The first-order chi connectivity index (χ1) is 11.9. The van der Waals surface area contributed by atoms with E-state index in [0.29, 0.717) is 32.9 Å². The number of hydrazone groups is 1. The van der Waals surface area contributed by atoms with Crippen molar-refractivity contribution in [2.45, 2.75) is 20.3 Å². The highest BCUT2D eigenvalue weighted by Gasteiger charge is 2.09. The number of ether oxygens (including phenoxy) is 1. The molecule has 0 heterocycles. The Morgan fingerprint density at radius 2 is 1.80 bits per heavy atom. The van der Waals surface area contributed by atoms with Gasteiger partial charge in [-0.25, -0.2) is 5.43 Å². The van der Waals surface area contributed by atoms with Gasteiger partial charge in [-0.2, -0.15) is 5.10 Å². The fourth-order valence-corrected chi connectivity index (χ4v) is 2.88. The summed E-state index contributed by atoms with van der Waals surface area (Å²) in [4.78, 5) is 12.0. The highest BCUT2D eigenvalue weighted by atomic mass is 35.5. The molecular weight excluding hydrogens is 383 g/mol. The molecule has 0 aliphatic rings. The molecule has 0 radical (unpaired) electrons. The minimum absolute atomic E-state index is 0.155. The molecule has 0 spiro atoms. The third-order valence-corrected chi connectivity index (χ3v) is 4.17. The average molecular weight is 400 g/mol. The largest absolute Gasteiger partial charge is 0.483 e. The van der Waals surface area contributed by atoms with Crippen LogP contribution in [0.2, 0.25) is 15.1 Å². The van der Waals surface area contributed by atoms with Gasteiger partial charge in [0.25, 0.3) is 5.91 Å². The van der Waals surface area contributed by atoms with Crippen LogP contribution in [-0.2, 0) is 4.79 Å². The van der Waals surface area contributed by atoms with Crippen LogP contribution in [0.4, 0.5) is 0 Å². The normalized spacial score (nSPS) is 11.3. The zero-order chi connectivity index (χ0) is 18.4. The van der Waals surface area contributed by atoms with E-state index in [1.807, 2.05) is 13.8 Å². The van der Waals surface area contributed by atoms with Crippen LogP contribution in [-0.4, -0.2) is 18.2 Å². The molecule has 0 aromatic heterocycles. The Labute approximate surface area is 161 Å². The SMILES string of the molecule is CC/C(=N/NC(=O)COc1ccc(Cl)cc1C)c1ccc(Cl)cc1Cl. The average Bonchev–Trinajstić information content (AvgIpc) is 2.56. The van der Waals surface area contributed by atoms with E-state index in [-0.39, 0.29) is 12.5 Å². The molecule has 0 saturated heterocycles. The Morgan fingerprint density at radius 1 is 1.12 bits per heavy atom. The van der Waals surface area contributed by atoms with Gasteiger partial charge in [-0.1, -0.05) is 47.8 Å². The lowest BCUT2D eigenvalue weighted by molar-refractivity contribution is -0.123. The summed E-state index contributed by atoms with van der Waals surface area (Å²) >= 11 is 18.0. The van der Waals surface area contributed by atoms with Gasteiger partial charge in [0.2, 0.25) is 0 Å². The van der Waals surface area contributed by atoms with Crippen molar-refractivity contribution in [2.75, 3.05) is 6.61 Å². The summed E-state index contributed by atoms with van der Waals surface area (Å²) in [6.07, 6.45) is 0.596. The standard InChI is InChI=1S/C18H17Cl3N2O2/c1-3-16(14-6-4-13(20)9-15(14)21)22-23-18(24)10-25-17-7-5-12(19)8-11(17)2/h4-9H,3,10H2,1-2H3,(H,23,24)/b22-16-. The number of amides is 1. The fraction of sp³-hybridized carbons (Fsp3) is 0.222. The molecule has 132 valence electrons. The summed E-state index contributed by atoms with van der Waals surface area (Å²) in [7, 11) is 0. The van der Waals surface area contributed by atoms with Crippen molar-refractivity contribution in [2.24, 2.45) is 5.10 Å². The third-order valence-electron chi connectivity index (χ3n) is 3.39. The molecule has 2 aromatic carbocycles. The van der Waals surface area contributed by atoms with E-state index < -0.39 is 0 Å². The Hall–Kier alpha value is -1.75. The van der Waals surface area contributed by atoms with Crippen LogP contribution in [0.5, 0.6) is 5.75 Å². The number of carbonyl (C=O) groups is 1. The van der Waals surface area contributed by atoms with Crippen LogP contribution in [0.1, 0.15) is 24.5 Å². The second kappa shape index (κ2) is 9.09. The topological polar surface area (TPSA) is 50.7 Å². The summed E-state index contributed by atoms with van der Waals surface area (Å²) in [5.74, 6) is 0.227. The van der Waals surface area contributed by atoms with Crippen LogP contribution >= 0.6 is 34.8 Å². The number of halogens is 3. The highest BCUT2D eigenvalue weighted by Crippen LogP contribution is 2.23. The molecule has 0 bridgehead atoms.